The van der Waals surface area contributed by atoms with E-state index in [1.54, 1.807) is 0 Å². The van der Waals surface area contributed by atoms with Crippen LogP contribution in [0.5, 0.6) is 0 Å². The lowest BCUT2D eigenvalue weighted by Gasteiger charge is -2.49. The van der Waals surface area contributed by atoms with Crippen LogP contribution in [-0.4, -0.2) is 27.4 Å². The Balaban J connectivity index is 1.97. The fourth-order valence-electron chi connectivity index (χ4n) is 2.49. The Morgan fingerprint density at radius 2 is 1.95 bits per heavy atom. The van der Waals surface area contributed by atoms with Gasteiger partial charge in [0, 0.05) is 22.2 Å². The number of aliphatic hydroxyl groups excluding tert-OH is 1. The number of benzene rings is 1. The average molecular weight is 278 g/mol. The van der Waals surface area contributed by atoms with Crippen molar-refractivity contribution in [3.63, 3.8) is 0 Å². The van der Waals surface area contributed by atoms with Crippen molar-refractivity contribution in [1.29, 1.82) is 0 Å². The van der Waals surface area contributed by atoms with Crippen molar-refractivity contribution in [2.45, 2.75) is 32.4 Å². The Morgan fingerprint density at radius 3 is 2.58 bits per heavy atom. The molecular formula is C14H16ClN3O. The molecular weight excluding hydrogens is 262 g/mol. The molecule has 3 rings (SSSR count). The van der Waals surface area contributed by atoms with Crippen molar-refractivity contribution >= 4 is 28.2 Å². The van der Waals surface area contributed by atoms with E-state index in [0.29, 0.717) is 5.15 Å². The zero-order chi connectivity index (χ0) is 13.6. The lowest BCUT2D eigenvalue weighted by Crippen LogP contribution is -2.57. The zero-order valence-corrected chi connectivity index (χ0v) is 11.6. The summed E-state index contributed by atoms with van der Waals surface area (Å²) >= 11 is 6.05. The molecule has 2 unspecified atom stereocenters. The fourth-order valence-corrected chi connectivity index (χ4v) is 2.69. The van der Waals surface area contributed by atoms with Gasteiger partial charge < -0.3 is 10.4 Å². The van der Waals surface area contributed by atoms with Gasteiger partial charge in [0.15, 0.2) is 11.0 Å². The second-order valence-electron chi connectivity index (χ2n) is 5.65. The summed E-state index contributed by atoms with van der Waals surface area (Å²) in [5.41, 5.74) is -0.150. The van der Waals surface area contributed by atoms with Crippen molar-refractivity contribution in [3.05, 3.63) is 29.4 Å². The number of hydrogen-bond donors (Lipinski definition) is 2. The van der Waals surface area contributed by atoms with E-state index in [1.807, 2.05) is 38.1 Å². The van der Waals surface area contributed by atoms with Crippen LogP contribution in [0, 0.1) is 5.41 Å². The third kappa shape index (κ3) is 1.95. The topological polar surface area (TPSA) is 58.0 Å². The average Bonchev–Trinajstić information content (AvgIpc) is 2.41. The van der Waals surface area contributed by atoms with Crippen molar-refractivity contribution in [2.24, 2.45) is 5.41 Å². The third-order valence-electron chi connectivity index (χ3n) is 4.17. The highest BCUT2D eigenvalue weighted by atomic mass is 35.5. The summed E-state index contributed by atoms with van der Waals surface area (Å²) in [4.78, 5) is 0. The van der Waals surface area contributed by atoms with Gasteiger partial charge in [-0.3, -0.25) is 0 Å². The fraction of sp³-hybridized carbons (Fsp3) is 0.429. The molecule has 5 heteroatoms. The van der Waals surface area contributed by atoms with Crippen molar-refractivity contribution in [1.82, 2.24) is 10.2 Å². The Kier molecular flexibility index (Phi) is 2.87. The van der Waals surface area contributed by atoms with Crippen LogP contribution in [0.3, 0.4) is 0 Å². The van der Waals surface area contributed by atoms with E-state index in [9.17, 15) is 5.11 Å². The molecule has 19 heavy (non-hydrogen) atoms. The van der Waals surface area contributed by atoms with Crippen molar-refractivity contribution in [3.8, 4) is 0 Å². The summed E-state index contributed by atoms with van der Waals surface area (Å²) in [6, 6.07) is 7.98. The predicted octanol–water partition coefficient (Wildman–Crippen LogP) is 2.85. The Bertz CT molecular complexity index is 629. The molecule has 1 aliphatic carbocycles. The Labute approximate surface area is 116 Å². The van der Waals surface area contributed by atoms with E-state index in [2.05, 4.69) is 15.5 Å². The van der Waals surface area contributed by atoms with Crippen LogP contribution in [0.15, 0.2) is 24.3 Å². The summed E-state index contributed by atoms with van der Waals surface area (Å²) in [6.07, 6.45) is 0.461. The van der Waals surface area contributed by atoms with Gasteiger partial charge in [-0.2, -0.15) is 0 Å². The SMILES string of the molecule is CC1(C)C(O)CC1Nc1nnc(Cl)c2ccccc12. The molecule has 0 aliphatic heterocycles. The number of aliphatic hydroxyl groups is 1. The van der Waals surface area contributed by atoms with Crippen LogP contribution < -0.4 is 5.32 Å². The standard InChI is InChI=1S/C14H16ClN3O/c1-14(2)10(7-11(14)19)16-13-9-6-4-3-5-8(9)12(15)17-18-13/h3-6,10-11,19H,7H2,1-2H3,(H,16,18). The third-order valence-corrected chi connectivity index (χ3v) is 4.45. The molecule has 0 radical (unpaired) electrons. The van der Waals surface area contributed by atoms with Crippen LogP contribution in [0.4, 0.5) is 5.82 Å². The molecule has 0 amide bonds. The van der Waals surface area contributed by atoms with Crippen LogP contribution in [0.25, 0.3) is 10.8 Å². The minimum absolute atomic E-state index is 0.150. The highest BCUT2D eigenvalue weighted by Crippen LogP contribution is 2.42. The first-order valence-electron chi connectivity index (χ1n) is 6.35. The highest BCUT2D eigenvalue weighted by molar-refractivity contribution is 6.34. The molecule has 4 nitrogen and oxygen atoms in total. The maximum atomic E-state index is 9.78. The number of fused-ring (bicyclic) bond motifs is 1. The van der Waals surface area contributed by atoms with E-state index >= 15 is 0 Å². The highest BCUT2D eigenvalue weighted by Gasteiger charge is 2.47. The maximum Gasteiger partial charge on any atom is 0.159 e. The molecule has 1 heterocycles. The number of hydrogen-bond acceptors (Lipinski definition) is 4. The van der Waals surface area contributed by atoms with Gasteiger partial charge in [0.1, 0.15) is 0 Å². The largest absolute Gasteiger partial charge is 0.392 e. The number of halogens is 1. The molecule has 1 fully saturated rings. The number of nitrogens with zero attached hydrogens (tertiary/aromatic N) is 2. The van der Waals surface area contributed by atoms with Crippen molar-refractivity contribution < 1.29 is 5.11 Å². The predicted molar refractivity (Wildman–Crippen MR) is 76.4 cm³/mol. The number of nitrogens with one attached hydrogen (secondary N) is 1. The van der Waals surface area contributed by atoms with E-state index in [4.69, 9.17) is 11.6 Å². The normalized spacial score (nSPS) is 25.1. The van der Waals surface area contributed by atoms with Gasteiger partial charge in [0.2, 0.25) is 0 Å². The minimum Gasteiger partial charge on any atom is -0.392 e. The van der Waals surface area contributed by atoms with E-state index < -0.39 is 0 Å². The van der Waals surface area contributed by atoms with E-state index in [1.165, 1.54) is 0 Å². The molecule has 2 atom stereocenters. The monoisotopic (exact) mass is 277 g/mol. The Morgan fingerprint density at radius 1 is 1.26 bits per heavy atom. The quantitative estimate of drug-likeness (QED) is 0.886. The van der Waals surface area contributed by atoms with Crippen LogP contribution in [0.2, 0.25) is 5.15 Å². The summed E-state index contributed by atoms with van der Waals surface area (Å²) in [6.45, 7) is 4.09. The van der Waals surface area contributed by atoms with Gasteiger partial charge in [0.25, 0.3) is 0 Å². The first kappa shape index (κ1) is 12.6. The zero-order valence-electron chi connectivity index (χ0n) is 10.9. The van der Waals surface area contributed by atoms with Gasteiger partial charge >= 0.3 is 0 Å². The summed E-state index contributed by atoms with van der Waals surface area (Å²) < 4.78 is 0. The lowest BCUT2D eigenvalue weighted by atomic mass is 9.64. The van der Waals surface area contributed by atoms with Crippen LogP contribution >= 0.6 is 11.6 Å². The summed E-state index contributed by atoms with van der Waals surface area (Å²) in [5, 5.41) is 23.5. The second kappa shape index (κ2) is 4.32. The smallest absolute Gasteiger partial charge is 0.159 e. The van der Waals surface area contributed by atoms with Gasteiger partial charge in [-0.1, -0.05) is 49.7 Å². The molecule has 1 aliphatic rings. The van der Waals surface area contributed by atoms with Crippen molar-refractivity contribution in [2.75, 3.05) is 5.32 Å². The van der Waals surface area contributed by atoms with Gasteiger partial charge in [-0.15, -0.1) is 10.2 Å². The molecule has 2 N–H and O–H groups in total. The molecule has 0 saturated heterocycles. The van der Waals surface area contributed by atoms with E-state index in [-0.39, 0.29) is 17.6 Å². The van der Waals surface area contributed by atoms with Gasteiger partial charge in [0.05, 0.1) is 6.10 Å². The molecule has 1 aromatic carbocycles. The molecule has 100 valence electrons. The first-order valence-corrected chi connectivity index (χ1v) is 6.73. The number of rotatable bonds is 2. The second-order valence-corrected chi connectivity index (χ2v) is 6.01. The van der Waals surface area contributed by atoms with Gasteiger partial charge in [-0.25, -0.2) is 0 Å². The number of aromatic nitrogens is 2. The molecule has 0 spiro atoms. The number of anilines is 1. The molecule has 2 aromatic rings. The first-order chi connectivity index (χ1) is 9.00. The summed E-state index contributed by atoms with van der Waals surface area (Å²) in [5.74, 6) is 0.727. The summed E-state index contributed by atoms with van der Waals surface area (Å²) in [7, 11) is 0. The molecule has 1 saturated carbocycles. The minimum atomic E-state index is -0.267. The maximum absolute atomic E-state index is 9.78. The molecule has 0 bridgehead atoms. The lowest BCUT2D eigenvalue weighted by molar-refractivity contribution is -0.0511. The van der Waals surface area contributed by atoms with Crippen LogP contribution in [-0.2, 0) is 0 Å². The Hall–Kier alpha value is -1.39. The van der Waals surface area contributed by atoms with E-state index in [0.717, 1.165) is 23.0 Å². The molecule has 1 aromatic heterocycles. The van der Waals surface area contributed by atoms with Crippen LogP contribution in [0.1, 0.15) is 20.3 Å². The van der Waals surface area contributed by atoms with Gasteiger partial charge in [-0.05, 0) is 6.42 Å².